The van der Waals surface area contributed by atoms with Gasteiger partial charge in [0, 0.05) is 10.9 Å². The second kappa shape index (κ2) is 5.16. The molecule has 1 aromatic rings. The van der Waals surface area contributed by atoms with Crippen molar-refractivity contribution in [2.24, 2.45) is 11.8 Å². The Morgan fingerprint density at radius 3 is 2.38 bits per heavy atom. The van der Waals surface area contributed by atoms with Gasteiger partial charge < -0.3 is 10.1 Å². The summed E-state index contributed by atoms with van der Waals surface area (Å²) >= 11 is 1.47. The van der Waals surface area contributed by atoms with Crippen molar-refractivity contribution < 1.29 is 19.1 Å². The second-order valence-corrected chi connectivity index (χ2v) is 9.22. The Morgan fingerprint density at radius 2 is 1.73 bits per heavy atom. The highest BCUT2D eigenvalue weighted by Crippen LogP contribution is 2.52. The molecule has 26 heavy (non-hydrogen) atoms. The normalized spacial score (nSPS) is 34.5. The third kappa shape index (κ3) is 1.93. The van der Waals surface area contributed by atoms with Crippen LogP contribution in [0.15, 0.2) is 0 Å². The van der Waals surface area contributed by atoms with Gasteiger partial charge in [0.2, 0.25) is 11.8 Å². The fraction of sp³-hybridized carbons (Fsp3) is 0.632. The molecular formula is C19H20N2O4S. The number of imide groups is 1. The topological polar surface area (TPSA) is 75.7 Å². The van der Waals surface area contributed by atoms with Gasteiger partial charge in [-0.25, -0.2) is 4.90 Å². The van der Waals surface area contributed by atoms with E-state index in [0.29, 0.717) is 10.6 Å². The van der Waals surface area contributed by atoms with Crippen LogP contribution in [0.2, 0.25) is 0 Å². The van der Waals surface area contributed by atoms with Crippen molar-refractivity contribution in [2.45, 2.75) is 63.2 Å². The molecule has 2 aliphatic carbocycles. The molecule has 3 amide bonds. The number of anilines is 1. The molecule has 4 atom stereocenters. The lowest BCUT2D eigenvalue weighted by molar-refractivity contribution is -0.124. The summed E-state index contributed by atoms with van der Waals surface area (Å²) in [5, 5.41) is 3.62. The molecule has 0 spiro atoms. The molecule has 7 heteroatoms. The number of nitrogens with one attached hydrogen (secondary N) is 1. The van der Waals surface area contributed by atoms with Crippen LogP contribution in [-0.4, -0.2) is 36.0 Å². The van der Waals surface area contributed by atoms with Gasteiger partial charge in [0.05, 0.1) is 29.6 Å². The molecule has 1 saturated carbocycles. The number of thiophene rings is 1. The summed E-state index contributed by atoms with van der Waals surface area (Å²) in [6, 6.07) is 0.251. The van der Waals surface area contributed by atoms with Gasteiger partial charge in [-0.05, 0) is 50.5 Å². The number of rotatable bonds is 3. The van der Waals surface area contributed by atoms with E-state index in [2.05, 4.69) is 5.32 Å². The zero-order valence-electron chi connectivity index (χ0n) is 14.3. The van der Waals surface area contributed by atoms with E-state index in [9.17, 15) is 14.4 Å². The van der Waals surface area contributed by atoms with Crippen molar-refractivity contribution in [3.63, 3.8) is 0 Å². The quantitative estimate of drug-likeness (QED) is 0.821. The van der Waals surface area contributed by atoms with Crippen molar-refractivity contribution in [3.8, 4) is 0 Å². The number of nitrogens with zero attached hydrogens (tertiary/aromatic N) is 1. The largest absolute Gasteiger partial charge is 0.373 e. The molecule has 5 aliphatic rings. The summed E-state index contributed by atoms with van der Waals surface area (Å²) in [6.45, 7) is 0. The number of hydrogen-bond acceptors (Lipinski definition) is 5. The van der Waals surface area contributed by atoms with Crippen molar-refractivity contribution in [2.75, 3.05) is 4.90 Å². The molecule has 0 aromatic carbocycles. The number of hydrogen-bond donors (Lipinski definition) is 1. The van der Waals surface area contributed by atoms with E-state index in [1.54, 1.807) is 0 Å². The first-order valence-electron chi connectivity index (χ1n) is 9.62. The van der Waals surface area contributed by atoms with Crippen LogP contribution in [0.3, 0.4) is 0 Å². The maximum atomic E-state index is 13.1. The average Bonchev–Trinajstić information content (AvgIpc) is 3.04. The lowest BCUT2D eigenvalue weighted by Gasteiger charge is -2.18. The molecular weight excluding hydrogens is 352 g/mol. The van der Waals surface area contributed by atoms with Crippen LogP contribution in [0, 0.1) is 11.8 Å². The molecule has 3 saturated heterocycles. The minimum absolute atomic E-state index is 0.112. The van der Waals surface area contributed by atoms with Crippen molar-refractivity contribution in [1.29, 1.82) is 0 Å². The number of carbonyl (C=O) groups is 3. The highest BCUT2D eigenvalue weighted by atomic mass is 32.1. The minimum atomic E-state index is -0.350. The molecule has 0 unspecified atom stereocenters. The Balaban J connectivity index is 1.43. The van der Waals surface area contributed by atoms with Gasteiger partial charge in [0.15, 0.2) is 0 Å². The summed E-state index contributed by atoms with van der Waals surface area (Å²) in [5.74, 6) is -1.13. The standard InChI is InChI=1S/C19H20N2O4S/c22-16(20-8-4-5-8)13-9-2-1-3-12(9)26-19(13)21-17(23)14-10-6-7-11(25-10)15(14)18(21)24/h8,10-11,14-15H,1-7H2,(H,20,22)/t10-,11-,14-,15-/m1/s1. The van der Waals surface area contributed by atoms with Crippen LogP contribution in [0.5, 0.6) is 0 Å². The van der Waals surface area contributed by atoms with E-state index in [0.717, 1.165) is 55.4 Å². The van der Waals surface area contributed by atoms with Crippen molar-refractivity contribution in [1.82, 2.24) is 5.32 Å². The van der Waals surface area contributed by atoms with E-state index in [-0.39, 0.29) is 47.8 Å². The van der Waals surface area contributed by atoms with E-state index < -0.39 is 0 Å². The van der Waals surface area contributed by atoms with Gasteiger partial charge in [-0.15, -0.1) is 11.3 Å². The fourth-order valence-electron chi connectivity index (χ4n) is 5.18. The summed E-state index contributed by atoms with van der Waals surface area (Å²) in [4.78, 5) is 41.7. The molecule has 4 fully saturated rings. The number of ether oxygens (including phenoxy) is 1. The van der Waals surface area contributed by atoms with Gasteiger partial charge in [0.1, 0.15) is 5.00 Å². The Bertz CT molecular complexity index is 830. The van der Waals surface area contributed by atoms with Crippen LogP contribution in [0.1, 0.15) is 52.9 Å². The SMILES string of the molecule is O=C(NC1CC1)c1c(N2C(=O)[C@H]3[C@H](C2=O)[C@H]2CC[C@H]3O2)sc2c1CCC2. The predicted octanol–water partition coefficient (Wildman–Crippen LogP) is 1.80. The first-order chi connectivity index (χ1) is 12.6. The van der Waals surface area contributed by atoms with Crippen LogP contribution in [-0.2, 0) is 27.2 Å². The summed E-state index contributed by atoms with van der Waals surface area (Å²) in [5.41, 5.74) is 1.64. The maximum absolute atomic E-state index is 13.1. The molecule has 6 rings (SSSR count). The molecule has 1 N–H and O–H groups in total. The summed E-state index contributed by atoms with van der Waals surface area (Å²) < 4.78 is 5.82. The van der Waals surface area contributed by atoms with Crippen molar-refractivity contribution in [3.05, 3.63) is 16.0 Å². The Kier molecular flexibility index (Phi) is 3.05. The first-order valence-corrected chi connectivity index (χ1v) is 10.4. The Hall–Kier alpha value is -1.73. The van der Waals surface area contributed by atoms with Crippen LogP contribution < -0.4 is 10.2 Å². The van der Waals surface area contributed by atoms with Gasteiger partial charge in [-0.3, -0.25) is 14.4 Å². The zero-order chi connectivity index (χ0) is 17.6. The molecule has 0 radical (unpaired) electrons. The fourth-order valence-corrected chi connectivity index (χ4v) is 6.58. The van der Waals surface area contributed by atoms with Gasteiger partial charge in [-0.2, -0.15) is 0 Å². The molecule has 2 bridgehead atoms. The third-order valence-corrected chi connectivity index (χ3v) is 7.81. The van der Waals surface area contributed by atoms with Gasteiger partial charge in [-0.1, -0.05) is 0 Å². The van der Waals surface area contributed by atoms with Crippen molar-refractivity contribution >= 4 is 34.1 Å². The van der Waals surface area contributed by atoms with Gasteiger partial charge >= 0.3 is 0 Å². The first kappa shape index (κ1) is 15.3. The van der Waals surface area contributed by atoms with Crippen LogP contribution >= 0.6 is 11.3 Å². The average molecular weight is 372 g/mol. The summed E-state index contributed by atoms with van der Waals surface area (Å²) in [7, 11) is 0. The monoisotopic (exact) mass is 372 g/mol. The molecule has 6 nitrogen and oxygen atoms in total. The minimum Gasteiger partial charge on any atom is -0.373 e. The van der Waals surface area contributed by atoms with Crippen LogP contribution in [0.4, 0.5) is 5.00 Å². The highest BCUT2D eigenvalue weighted by Gasteiger charge is 2.63. The Morgan fingerprint density at radius 1 is 1.04 bits per heavy atom. The number of aryl methyl sites for hydroxylation is 1. The predicted molar refractivity (Wildman–Crippen MR) is 94.2 cm³/mol. The smallest absolute Gasteiger partial charge is 0.254 e. The third-order valence-electron chi connectivity index (χ3n) is 6.53. The second-order valence-electron chi connectivity index (χ2n) is 8.14. The number of amides is 3. The lowest BCUT2D eigenvalue weighted by atomic mass is 9.81. The molecule has 1 aromatic heterocycles. The number of carbonyl (C=O) groups excluding carboxylic acids is 3. The zero-order valence-corrected chi connectivity index (χ0v) is 15.1. The lowest BCUT2D eigenvalue weighted by Crippen LogP contribution is -2.36. The number of fused-ring (bicyclic) bond motifs is 6. The van der Waals surface area contributed by atoms with E-state index in [1.165, 1.54) is 16.2 Å². The molecule has 4 heterocycles. The maximum Gasteiger partial charge on any atom is 0.254 e. The summed E-state index contributed by atoms with van der Waals surface area (Å²) in [6.07, 6.45) is 6.32. The van der Waals surface area contributed by atoms with E-state index in [4.69, 9.17) is 4.74 Å². The highest BCUT2D eigenvalue weighted by molar-refractivity contribution is 7.17. The molecule has 3 aliphatic heterocycles. The Labute approximate surface area is 154 Å². The van der Waals surface area contributed by atoms with Crippen LogP contribution in [0.25, 0.3) is 0 Å². The van der Waals surface area contributed by atoms with Gasteiger partial charge in [0.25, 0.3) is 5.91 Å². The van der Waals surface area contributed by atoms with E-state index >= 15 is 0 Å². The van der Waals surface area contributed by atoms with E-state index in [1.807, 2.05) is 0 Å². The molecule has 136 valence electrons.